The zero-order valence-corrected chi connectivity index (χ0v) is 19.8. The molecule has 2 aliphatic rings. The smallest absolute Gasteiger partial charge is 0.393 e. The first-order valence-corrected chi connectivity index (χ1v) is 12.3. The number of alkyl halides is 6. The maximum Gasteiger partial charge on any atom is 0.416 e. The highest BCUT2D eigenvalue weighted by atomic mass is 19.4. The molecule has 0 radical (unpaired) electrons. The van der Waals surface area contributed by atoms with Gasteiger partial charge < -0.3 is 15.2 Å². The van der Waals surface area contributed by atoms with Gasteiger partial charge in [-0.2, -0.15) is 26.3 Å². The minimum atomic E-state index is -4.97. The minimum absolute atomic E-state index is 0.0786. The SMILES string of the molecule is OCC(OC[C@]1(c2ccccc2)CC[C@@H](NCC2CC2)CC1)c1cc(C(F)(F)F)cc(C(F)(F)F)c1. The molecule has 2 saturated carbocycles. The molecular formula is C27H31F6NO2. The predicted octanol–water partition coefficient (Wildman–Crippen LogP) is 6.65. The number of hydrogen-bond acceptors (Lipinski definition) is 3. The molecular weight excluding hydrogens is 484 g/mol. The molecule has 1 atom stereocenters. The summed E-state index contributed by atoms with van der Waals surface area (Å²) in [5, 5.41) is 13.5. The third kappa shape index (κ3) is 6.61. The zero-order valence-electron chi connectivity index (χ0n) is 19.8. The molecule has 0 spiro atoms. The fraction of sp³-hybridized carbons (Fsp3) is 0.556. The Morgan fingerprint density at radius 3 is 1.97 bits per heavy atom. The molecule has 0 aliphatic heterocycles. The molecule has 0 aromatic heterocycles. The Balaban J connectivity index is 1.54. The molecule has 0 bridgehead atoms. The third-order valence-electron chi connectivity index (χ3n) is 7.43. The Hall–Kier alpha value is -2.10. The van der Waals surface area contributed by atoms with Crippen LogP contribution in [-0.2, 0) is 22.5 Å². The largest absolute Gasteiger partial charge is 0.416 e. The molecule has 2 aliphatic carbocycles. The second-order valence-corrected chi connectivity index (χ2v) is 10.1. The number of aliphatic hydroxyl groups excluding tert-OH is 1. The summed E-state index contributed by atoms with van der Waals surface area (Å²) in [6, 6.07) is 11.4. The molecule has 2 N–H and O–H groups in total. The van der Waals surface area contributed by atoms with Crippen LogP contribution in [0.25, 0.3) is 0 Å². The number of nitrogens with one attached hydrogen (secondary N) is 1. The molecule has 2 aromatic carbocycles. The van der Waals surface area contributed by atoms with Gasteiger partial charge in [-0.05, 0) is 80.3 Å². The molecule has 9 heteroatoms. The van der Waals surface area contributed by atoms with E-state index in [9.17, 15) is 31.4 Å². The summed E-state index contributed by atoms with van der Waals surface area (Å²) in [4.78, 5) is 0. The summed E-state index contributed by atoms with van der Waals surface area (Å²) >= 11 is 0. The lowest BCUT2D eigenvalue weighted by atomic mass is 9.68. The number of benzene rings is 2. The van der Waals surface area contributed by atoms with Crippen molar-refractivity contribution in [3.8, 4) is 0 Å². The lowest BCUT2D eigenvalue weighted by Gasteiger charge is -2.41. The summed E-state index contributed by atoms with van der Waals surface area (Å²) in [6.07, 6.45) is -5.44. The Morgan fingerprint density at radius 1 is 0.889 bits per heavy atom. The Labute approximate surface area is 206 Å². The van der Waals surface area contributed by atoms with E-state index in [1.165, 1.54) is 12.8 Å². The first kappa shape index (κ1) is 26.9. The van der Waals surface area contributed by atoms with Crippen LogP contribution in [0, 0.1) is 5.92 Å². The van der Waals surface area contributed by atoms with Crippen LogP contribution in [0.2, 0.25) is 0 Å². The number of halogens is 6. The highest BCUT2D eigenvalue weighted by Gasteiger charge is 2.40. The molecule has 2 aromatic rings. The van der Waals surface area contributed by atoms with Crippen molar-refractivity contribution in [2.75, 3.05) is 19.8 Å². The van der Waals surface area contributed by atoms with Gasteiger partial charge in [0.2, 0.25) is 0 Å². The number of ether oxygens (including phenoxy) is 1. The van der Waals surface area contributed by atoms with Crippen LogP contribution in [0.1, 0.15) is 66.9 Å². The van der Waals surface area contributed by atoms with Gasteiger partial charge in [0.15, 0.2) is 0 Å². The first-order valence-electron chi connectivity index (χ1n) is 12.3. The van der Waals surface area contributed by atoms with E-state index in [0.717, 1.165) is 43.7 Å². The summed E-state index contributed by atoms with van der Waals surface area (Å²) in [6.45, 7) is 0.341. The van der Waals surface area contributed by atoms with Crippen LogP contribution in [-0.4, -0.2) is 30.9 Å². The van der Waals surface area contributed by atoms with Crippen molar-refractivity contribution in [2.24, 2.45) is 5.92 Å². The van der Waals surface area contributed by atoms with Gasteiger partial charge >= 0.3 is 12.4 Å². The average Bonchev–Trinajstić information content (AvgIpc) is 3.68. The van der Waals surface area contributed by atoms with Crippen molar-refractivity contribution in [1.82, 2.24) is 5.32 Å². The van der Waals surface area contributed by atoms with Gasteiger partial charge in [-0.15, -0.1) is 0 Å². The van der Waals surface area contributed by atoms with E-state index in [1.807, 2.05) is 30.3 Å². The van der Waals surface area contributed by atoms with Crippen LogP contribution >= 0.6 is 0 Å². The molecule has 1 unspecified atom stereocenters. The van der Waals surface area contributed by atoms with E-state index in [2.05, 4.69) is 5.32 Å². The van der Waals surface area contributed by atoms with Crippen LogP contribution < -0.4 is 5.32 Å². The predicted molar refractivity (Wildman–Crippen MR) is 123 cm³/mol. The topological polar surface area (TPSA) is 41.5 Å². The second kappa shape index (κ2) is 10.7. The van der Waals surface area contributed by atoms with Crippen molar-refractivity contribution in [1.29, 1.82) is 0 Å². The fourth-order valence-corrected chi connectivity index (χ4v) is 5.02. The highest BCUT2D eigenvalue weighted by molar-refractivity contribution is 5.35. The summed E-state index contributed by atoms with van der Waals surface area (Å²) in [7, 11) is 0. The van der Waals surface area contributed by atoms with E-state index < -0.39 is 41.6 Å². The zero-order chi connectivity index (χ0) is 26.0. The van der Waals surface area contributed by atoms with Crippen LogP contribution in [0.3, 0.4) is 0 Å². The molecule has 0 heterocycles. The minimum Gasteiger partial charge on any atom is -0.393 e. The van der Waals surface area contributed by atoms with Gasteiger partial charge in [-0.1, -0.05) is 30.3 Å². The van der Waals surface area contributed by atoms with Crippen LogP contribution in [0.15, 0.2) is 48.5 Å². The van der Waals surface area contributed by atoms with Crippen molar-refractivity contribution in [2.45, 2.75) is 68.4 Å². The van der Waals surface area contributed by atoms with Gasteiger partial charge in [-0.3, -0.25) is 0 Å². The number of aliphatic hydroxyl groups is 1. The average molecular weight is 516 g/mol. The normalized spacial score (nSPS) is 24.0. The summed E-state index contributed by atoms with van der Waals surface area (Å²) in [5.41, 5.74) is -2.62. The maximum absolute atomic E-state index is 13.3. The summed E-state index contributed by atoms with van der Waals surface area (Å²) in [5.74, 6) is 0.758. The lowest BCUT2D eigenvalue weighted by molar-refractivity contribution is -0.143. The number of hydrogen-bond donors (Lipinski definition) is 2. The highest BCUT2D eigenvalue weighted by Crippen LogP contribution is 2.42. The van der Waals surface area contributed by atoms with E-state index in [0.29, 0.717) is 18.2 Å². The van der Waals surface area contributed by atoms with Crippen LogP contribution in [0.4, 0.5) is 26.3 Å². The van der Waals surface area contributed by atoms with Crippen molar-refractivity contribution in [3.05, 3.63) is 70.8 Å². The molecule has 0 saturated heterocycles. The standard InChI is InChI=1S/C27H31F6NO2/c28-26(29,30)21-12-19(13-22(14-21)27(31,32)33)24(16-35)36-17-25(20-4-2-1-3-5-20)10-8-23(9-11-25)34-15-18-6-7-18/h1-5,12-14,18,23-24,34-35H,6-11,15-17H2/t23-,24?,25+. The monoisotopic (exact) mass is 515 g/mol. The fourth-order valence-electron chi connectivity index (χ4n) is 5.02. The van der Waals surface area contributed by atoms with E-state index >= 15 is 0 Å². The molecule has 2 fully saturated rings. The van der Waals surface area contributed by atoms with Crippen molar-refractivity contribution >= 4 is 0 Å². The summed E-state index contributed by atoms with van der Waals surface area (Å²) < 4.78 is 86.0. The second-order valence-electron chi connectivity index (χ2n) is 10.1. The molecule has 198 valence electrons. The third-order valence-corrected chi connectivity index (χ3v) is 7.43. The van der Waals surface area contributed by atoms with Gasteiger partial charge in [0.1, 0.15) is 6.10 Å². The van der Waals surface area contributed by atoms with Gasteiger partial charge in [0, 0.05) is 11.5 Å². The quantitative estimate of drug-likeness (QED) is 0.367. The number of rotatable bonds is 9. The van der Waals surface area contributed by atoms with Gasteiger partial charge in [-0.25, -0.2) is 0 Å². The Bertz CT molecular complexity index is 963. The van der Waals surface area contributed by atoms with E-state index in [4.69, 9.17) is 4.74 Å². The Kier molecular flexibility index (Phi) is 8.02. The molecule has 0 amide bonds. The van der Waals surface area contributed by atoms with E-state index in [-0.39, 0.29) is 18.2 Å². The van der Waals surface area contributed by atoms with E-state index in [1.54, 1.807) is 0 Å². The molecule has 3 nitrogen and oxygen atoms in total. The Morgan fingerprint density at radius 2 is 1.47 bits per heavy atom. The van der Waals surface area contributed by atoms with Crippen LogP contribution in [0.5, 0.6) is 0 Å². The van der Waals surface area contributed by atoms with Crippen molar-refractivity contribution < 1.29 is 36.2 Å². The first-order chi connectivity index (χ1) is 17.0. The molecule has 36 heavy (non-hydrogen) atoms. The maximum atomic E-state index is 13.3. The van der Waals surface area contributed by atoms with Crippen molar-refractivity contribution in [3.63, 3.8) is 0 Å². The van der Waals surface area contributed by atoms with Gasteiger partial charge in [0.25, 0.3) is 0 Å². The lowest BCUT2D eigenvalue weighted by Crippen LogP contribution is -2.43. The molecule has 4 rings (SSSR count). The van der Waals surface area contributed by atoms with Gasteiger partial charge in [0.05, 0.1) is 24.3 Å².